The van der Waals surface area contributed by atoms with Gasteiger partial charge in [0.1, 0.15) is 0 Å². The van der Waals surface area contributed by atoms with Gasteiger partial charge in [0.15, 0.2) is 5.78 Å². The van der Waals surface area contributed by atoms with Crippen LogP contribution in [0.25, 0.3) is 11.6 Å². The molecule has 0 bridgehead atoms. The summed E-state index contributed by atoms with van der Waals surface area (Å²) in [5.74, 6) is 0.597. The number of carbonyl (C=O) groups excluding carboxylic acids is 1. The van der Waals surface area contributed by atoms with Crippen LogP contribution in [0.5, 0.6) is 0 Å². The molecule has 2 heteroatoms. The van der Waals surface area contributed by atoms with E-state index in [2.05, 4.69) is 49.4 Å². The van der Waals surface area contributed by atoms with Crippen LogP contribution in [0.15, 0.2) is 60.7 Å². The Morgan fingerprint density at radius 1 is 0.929 bits per heavy atom. The van der Waals surface area contributed by atoms with Crippen molar-refractivity contribution in [3.63, 3.8) is 0 Å². The Bertz CT molecular complexity index is 1320. The predicted molar refractivity (Wildman–Crippen MR) is 114 cm³/mol. The van der Waals surface area contributed by atoms with Gasteiger partial charge < -0.3 is 5.73 Å². The standard InChI is InChI=1S/C26H23NO/c1-16-6-12-24(26(28)18-7-10-19(27)11-8-18)23-15-14-21-20-5-3-2-4-17(20)9-13-22(21)25(16)23/h2-5,7-11,14-16H,6,12-13,27H2,1H3. The van der Waals surface area contributed by atoms with Crippen LogP contribution in [-0.4, -0.2) is 5.78 Å². The second-order valence-corrected chi connectivity index (χ2v) is 7.92. The fourth-order valence-electron chi connectivity index (χ4n) is 4.78. The molecule has 3 aromatic carbocycles. The Kier molecular flexibility index (Phi) is 3.94. The van der Waals surface area contributed by atoms with Gasteiger partial charge >= 0.3 is 0 Å². The van der Waals surface area contributed by atoms with Gasteiger partial charge in [0.2, 0.25) is 0 Å². The summed E-state index contributed by atoms with van der Waals surface area (Å²) in [5.41, 5.74) is 10.9. The number of hydrogen-bond donors (Lipinski definition) is 1. The molecule has 0 heterocycles. The Morgan fingerprint density at radius 2 is 1.68 bits per heavy atom. The third-order valence-corrected chi connectivity index (χ3v) is 6.23. The van der Waals surface area contributed by atoms with Crippen molar-refractivity contribution in [1.29, 1.82) is 0 Å². The van der Waals surface area contributed by atoms with Crippen molar-refractivity contribution in [2.75, 3.05) is 5.73 Å². The third kappa shape index (κ3) is 2.60. The van der Waals surface area contributed by atoms with E-state index < -0.39 is 0 Å². The maximum Gasteiger partial charge on any atom is 0.189 e. The van der Waals surface area contributed by atoms with Crippen LogP contribution < -0.4 is 16.2 Å². The molecule has 3 aromatic rings. The van der Waals surface area contributed by atoms with Gasteiger partial charge in [0.25, 0.3) is 0 Å². The number of nitrogen functional groups attached to an aromatic ring is 1. The van der Waals surface area contributed by atoms with Gasteiger partial charge in [-0.1, -0.05) is 49.4 Å². The van der Waals surface area contributed by atoms with Gasteiger partial charge in [-0.25, -0.2) is 0 Å². The zero-order valence-electron chi connectivity index (χ0n) is 16.0. The maximum atomic E-state index is 13.3. The van der Waals surface area contributed by atoms with Crippen LogP contribution in [0.2, 0.25) is 0 Å². The summed E-state index contributed by atoms with van der Waals surface area (Å²) in [4.78, 5) is 13.3. The quantitative estimate of drug-likeness (QED) is 0.554. The van der Waals surface area contributed by atoms with Crippen LogP contribution in [0, 0.1) is 10.4 Å². The average molecular weight is 365 g/mol. The number of carbonyl (C=O) groups is 1. The molecule has 138 valence electrons. The number of rotatable bonds is 2. The number of hydrogen-bond acceptors (Lipinski definition) is 2. The van der Waals surface area contributed by atoms with Crippen molar-refractivity contribution < 1.29 is 4.79 Å². The van der Waals surface area contributed by atoms with E-state index in [-0.39, 0.29) is 5.78 Å². The van der Waals surface area contributed by atoms with E-state index in [4.69, 9.17) is 5.73 Å². The number of ketones is 1. The molecule has 0 aromatic heterocycles. The molecule has 28 heavy (non-hydrogen) atoms. The molecule has 0 spiro atoms. The van der Waals surface area contributed by atoms with Crippen LogP contribution in [-0.2, 0) is 6.42 Å². The molecule has 2 nitrogen and oxygen atoms in total. The lowest BCUT2D eigenvalue weighted by molar-refractivity contribution is 0.105. The molecule has 0 saturated heterocycles. The minimum Gasteiger partial charge on any atom is -0.399 e. The minimum absolute atomic E-state index is 0.133. The highest BCUT2D eigenvalue weighted by molar-refractivity contribution is 6.24. The lowest BCUT2D eigenvalue weighted by atomic mass is 9.78. The first kappa shape index (κ1) is 17.0. The molecule has 0 saturated carbocycles. The van der Waals surface area contributed by atoms with E-state index >= 15 is 0 Å². The highest BCUT2D eigenvalue weighted by atomic mass is 16.1. The van der Waals surface area contributed by atoms with Crippen LogP contribution in [0.3, 0.4) is 0 Å². The van der Waals surface area contributed by atoms with E-state index in [9.17, 15) is 4.79 Å². The smallest absolute Gasteiger partial charge is 0.189 e. The summed E-state index contributed by atoms with van der Waals surface area (Å²) in [7, 11) is 0. The molecule has 2 aliphatic carbocycles. The molecule has 2 N–H and O–H groups in total. The number of Topliss-reactive ketones (excluding diaryl/α,β-unsaturated/α-hetero) is 1. The van der Waals surface area contributed by atoms with Crippen LogP contribution >= 0.6 is 0 Å². The molecule has 1 unspecified atom stereocenters. The van der Waals surface area contributed by atoms with Crippen molar-refractivity contribution in [3.05, 3.63) is 98.2 Å². The Balaban J connectivity index is 1.81. The fraction of sp³-hybridized carbons (Fsp3) is 0.192. The van der Waals surface area contributed by atoms with Gasteiger partial charge in [-0.2, -0.15) is 0 Å². The lowest BCUT2D eigenvalue weighted by Gasteiger charge is -2.25. The molecule has 2 aliphatic rings. The van der Waals surface area contributed by atoms with Crippen molar-refractivity contribution >= 4 is 23.1 Å². The first-order valence-electron chi connectivity index (χ1n) is 9.98. The SMILES string of the molecule is CC1CCC(C(=O)c2ccc(N)cc2)=c2ccc3c(c21)CC=c1ccccc1=3. The van der Waals surface area contributed by atoms with Crippen LogP contribution in [0.1, 0.15) is 47.2 Å². The molecule has 0 aliphatic heterocycles. The van der Waals surface area contributed by atoms with Gasteiger partial charge in [-0.05, 0) is 81.4 Å². The summed E-state index contributed by atoms with van der Waals surface area (Å²) < 4.78 is 0. The topological polar surface area (TPSA) is 43.1 Å². The first-order chi connectivity index (χ1) is 13.6. The van der Waals surface area contributed by atoms with E-state index in [0.717, 1.165) is 35.6 Å². The monoisotopic (exact) mass is 365 g/mol. The van der Waals surface area contributed by atoms with Crippen LogP contribution in [0.4, 0.5) is 5.69 Å². The van der Waals surface area contributed by atoms with Crippen molar-refractivity contribution in [2.24, 2.45) is 0 Å². The normalized spacial score (nSPS) is 17.2. The predicted octanol–water partition coefficient (Wildman–Crippen LogP) is 3.82. The molecule has 5 rings (SSSR count). The summed E-state index contributed by atoms with van der Waals surface area (Å²) in [5, 5.41) is 5.08. The van der Waals surface area contributed by atoms with Gasteiger partial charge in [0.05, 0.1) is 0 Å². The zero-order chi connectivity index (χ0) is 19.3. The van der Waals surface area contributed by atoms with E-state index in [1.54, 1.807) is 12.1 Å². The number of nitrogens with two attached hydrogens (primary N) is 1. The van der Waals surface area contributed by atoms with Crippen molar-refractivity contribution in [3.8, 4) is 0 Å². The highest BCUT2D eigenvalue weighted by Gasteiger charge is 2.24. The fourth-order valence-corrected chi connectivity index (χ4v) is 4.78. The number of fused-ring (bicyclic) bond motifs is 4. The molecule has 0 fully saturated rings. The maximum absolute atomic E-state index is 13.3. The van der Waals surface area contributed by atoms with E-state index in [1.807, 2.05) is 12.1 Å². The van der Waals surface area contributed by atoms with E-state index in [1.165, 1.54) is 26.8 Å². The molecule has 0 radical (unpaired) electrons. The second kappa shape index (κ2) is 6.49. The highest BCUT2D eigenvalue weighted by Crippen LogP contribution is 2.31. The lowest BCUT2D eigenvalue weighted by Crippen LogP contribution is -2.27. The first-order valence-corrected chi connectivity index (χ1v) is 9.98. The Morgan fingerprint density at radius 3 is 2.50 bits per heavy atom. The number of benzene rings is 3. The summed E-state index contributed by atoms with van der Waals surface area (Å²) in [6.07, 6.45) is 5.10. The summed E-state index contributed by atoms with van der Waals surface area (Å²) >= 11 is 0. The van der Waals surface area contributed by atoms with Gasteiger partial charge in [0, 0.05) is 16.8 Å². The molecule has 0 amide bonds. The largest absolute Gasteiger partial charge is 0.399 e. The zero-order valence-corrected chi connectivity index (χ0v) is 16.0. The van der Waals surface area contributed by atoms with Crippen molar-refractivity contribution in [2.45, 2.75) is 32.1 Å². The Hall–Kier alpha value is -3.13. The molecular weight excluding hydrogens is 342 g/mol. The van der Waals surface area contributed by atoms with Gasteiger partial charge in [-0.3, -0.25) is 4.79 Å². The number of anilines is 1. The molecule has 1 atom stereocenters. The summed E-state index contributed by atoms with van der Waals surface area (Å²) in [6, 6.07) is 20.3. The second-order valence-electron chi connectivity index (χ2n) is 7.92. The third-order valence-electron chi connectivity index (χ3n) is 6.23. The Labute approximate surface area is 164 Å². The van der Waals surface area contributed by atoms with Crippen molar-refractivity contribution in [1.82, 2.24) is 0 Å². The molecular formula is C26H23NO. The summed E-state index contributed by atoms with van der Waals surface area (Å²) in [6.45, 7) is 2.30. The van der Waals surface area contributed by atoms with E-state index in [0.29, 0.717) is 11.6 Å². The average Bonchev–Trinajstić information content (AvgIpc) is 2.73. The minimum atomic E-state index is 0.133. The van der Waals surface area contributed by atoms with Gasteiger partial charge in [-0.15, -0.1) is 0 Å².